The predicted molar refractivity (Wildman–Crippen MR) is 50.4 cm³/mol. The van der Waals surface area contributed by atoms with Crippen molar-refractivity contribution in [3.05, 3.63) is 0 Å². The Morgan fingerprint density at radius 1 is 1.23 bits per heavy atom. The van der Waals surface area contributed by atoms with Gasteiger partial charge in [0.05, 0.1) is 0 Å². The molecule has 2 aliphatic carbocycles. The quantitative estimate of drug-likeness (QED) is 0.661. The van der Waals surface area contributed by atoms with Gasteiger partial charge in [0.2, 0.25) is 0 Å². The molecule has 13 heavy (non-hydrogen) atoms. The van der Waals surface area contributed by atoms with Crippen LogP contribution in [-0.2, 0) is 4.79 Å². The van der Waals surface area contributed by atoms with Crippen LogP contribution in [0.4, 0.5) is 0 Å². The van der Waals surface area contributed by atoms with Crippen LogP contribution in [0.25, 0.3) is 0 Å². The predicted octanol–water partition coefficient (Wildman–Crippen LogP) is 1.50. The van der Waals surface area contributed by atoms with Crippen molar-refractivity contribution in [2.24, 2.45) is 11.3 Å². The molecule has 0 bridgehead atoms. The molecule has 2 unspecified atom stereocenters. The maximum absolute atomic E-state index is 12.0. The molecule has 0 radical (unpaired) electrons. The summed E-state index contributed by atoms with van der Waals surface area (Å²) in [5, 5.41) is 3.47. The number of ketones is 1. The number of nitrogens with one attached hydrogen (secondary N) is 1. The van der Waals surface area contributed by atoms with Gasteiger partial charge in [0.1, 0.15) is 5.78 Å². The third-order valence-electron chi connectivity index (χ3n) is 4.23. The van der Waals surface area contributed by atoms with Gasteiger partial charge in [-0.2, -0.15) is 0 Å². The first-order valence-corrected chi connectivity index (χ1v) is 5.60. The van der Waals surface area contributed by atoms with Crippen molar-refractivity contribution in [2.75, 3.05) is 6.54 Å². The smallest absolute Gasteiger partial charge is 0.143 e. The van der Waals surface area contributed by atoms with Gasteiger partial charge in [-0.1, -0.05) is 0 Å². The normalized spacial score (nSPS) is 41.7. The summed E-state index contributed by atoms with van der Waals surface area (Å²) < 4.78 is 0. The lowest BCUT2D eigenvalue weighted by molar-refractivity contribution is -0.125. The van der Waals surface area contributed by atoms with Gasteiger partial charge < -0.3 is 5.32 Å². The van der Waals surface area contributed by atoms with Crippen LogP contribution in [0.15, 0.2) is 0 Å². The maximum Gasteiger partial charge on any atom is 0.143 e. The Morgan fingerprint density at radius 2 is 2.08 bits per heavy atom. The Kier molecular flexibility index (Phi) is 1.58. The van der Waals surface area contributed by atoms with E-state index in [0.717, 1.165) is 13.0 Å². The van der Waals surface area contributed by atoms with Crippen molar-refractivity contribution in [1.82, 2.24) is 5.32 Å². The van der Waals surface area contributed by atoms with Crippen molar-refractivity contribution < 1.29 is 4.79 Å². The zero-order valence-corrected chi connectivity index (χ0v) is 8.01. The van der Waals surface area contributed by atoms with Crippen LogP contribution in [0.2, 0.25) is 0 Å². The number of carbonyl (C=O) groups excluding carboxylic acids is 1. The summed E-state index contributed by atoms with van der Waals surface area (Å²) in [6.45, 7) is 1.13. The standard InChI is InChI=1S/C11H17NO/c13-10-8(9-2-1-7-12-9)3-4-11(10)5-6-11/h8-9,12H,1-7H2. The molecule has 2 heteroatoms. The minimum atomic E-state index is 0.203. The van der Waals surface area contributed by atoms with Crippen LogP contribution in [0.5, 0.6) is 0 Å². The number of Topliss-reactive ketones (excluding diaryl/α,β-unsaturated/α-hetero) is 1. The minimum Gasteiger partial charge on any atom is -0.313 e. The summed E-state index contributed by atoms with van der Waals surface area (Å²) in [4.78, 5) is 12.0. The first-order valence-electron chi connectivity index (χ1n) is 5.60. The molecule has 1 spiro atoms. The Bertz CT molecular complexity index is 238. The molecule has 1 N–H and O–H groups in total. The number of hydrogen-bond donors (Lipinski definition) is 1. The first kappa shape index (κ1) is 7.98. The summed E-state index contributed by atoms with van der Waals surface area (Å²) in [5.74, 6) is 0.983. The topological polar surface area (TPSA) is 29.1 Å². The monoisotopic (exact) mass is 179 g/mol. The average molecular weight is 179 g/mol. The molecule has 0 aromatic carbocycles. The summed E-state index contributed by atoms with van der Waals surface area (Å²) in [6, 6.07) is 0.535. The second-order valence-corrected chi connectivity index (χ2v) is 4.99. The fraction of sp³-hybridized carbons (Fsp3) is 0.909. The largest absolute Gasteiger partial charge is 0.313 e. The van der Waals surface area contributed by atoms with Gasteiger partial charge in [0.15, 0.2) is 0 Å². The van der Waals surface area contributed by atoms with Gasteiger partial charge in [0.25, 0.3) is 0 Å². The SMILES string of the molecule is O=C1C(C2CCCN2)CCC12CC2. The highest BCUT2D eigenvalue weighted by Gasteiger charge is 2.57. The molecule has 2 saturated carbocycles. The van der Waals surface area contributed by atoms with E-state index in [0.29, 0.717) is 17.7 Å². The van der Waals surface area contributed by atoms with Crippen LogP contribution in [0.3, 0.4) is 0 Å². The number of rotatable bonds is 1. The molecular weight excluding hydrogens is 162 g/mol. The van der Waals surface area contributed by atoms with Crippen LogP contribution in [0, 0.1) is 11.3 Å². The molecular formula is C11H17NO. The van der Waals surface area contributed by atoms with Crippen LogP contribution in [-0.4, -0.2) is 18.4 Å². The summed E-state index contributed by atoms with van der Waals surface area (Å²) in [6.07, 6.45) is 7.23. The molecule has 3 aliphatic rings. The van der Waals surface area contributed by atoms with E-state index in [9.17, 15) is 4.79 Å². The van der Waals surface area contributed by atoms with E-state index >= 15 is 0 Å². The third-order valence-corrected chi connectivity index (χ3v) is 4.23. The molecule has 3 rings (SSSR count). The van der Waals surface area contributed by atoms with Gasteiger partial charge in [-0.05, 0) is 45.1 Å². The van der Waals surface area contributed by atoms with Crippen LogP contribution < -0.4 is 5.32 Å². The summed E-state index contributed by atoms with van der Waals surface area (Å²) in [5.41, 5.74) is 0.203. The fourth-order valence-electron chi connectivity index (χ4n) is 3.17. The molecule has 72 valence electrons. The number of hydrogen-bond acceptors (Lipinski definition) is 2. The molecule has 2 atom stereocenters. The van der Waals surface area contributed by atoms with E-state index in [1.807, 2.05) is 0 Å². The second kappa shape index (κ2) is 2.57. The van der Waals surface area contributed by atoms with Crippen molar-refractivity contribution >= 4 is 5.78 Å². The molecule has 1 aliphatic heterocycles. The van der Waals surface area contributed by atoms with Crippen molar-refractivity contribution in [3.8, 4) is 0 Å². The maximum atomic E-state index is 12.0. The first-order chi connectivity index (χ1) is 6.32. The van der Waals surface area contributed by atoms with Gasteiger partial charge in [-0.15, -0.1) is 0 Å². The van der Waals surface area contributed by atoms with Gasteiger partial charge >= 0.3 is 0 Å². The molecule has 1 heterocycles. The summed E-state index contributed by atoms with van der Waals surface area (Å²) in [7, 11) is 0. The van der Waals surface area contributed by atoms with Crippen LogP contribution >= 0.6 is 0 Å². The van der Waals surface area contributed by atoms with E-state index in [2.05, 4.69) is 5.32 Å². The lowest BCUT2D eigenvalue weighted by Gasteiger charge is -2.17. The Balaban J connectivity index is 1.75. The molecule has 2 nitrogen and oxygen atoms in total. The van der Waals surface area contributed by atoms with Gasteiger partial charge in [-0.3, -0.25) is 4.79 Å². The van der Waals surface area contributed by atoms with Crippen molar-refractivity contribution in [1.29, 1.82) is 0 Å². The third kappa shape index (κ3) is 1.08. The molecule has 0 aromatic heterocycles. The average Bonchev–Trinajstić information content (AvgIpc) is 2.56. The van der Waals surface area contributed by atoms with Crippen LogP contribution in [0.1, 0.15) is 38.5 Å². The zero-order valence-electron chi connectivity index (χ0n) is 8.01. The van der Waals surface area contributed by atoms with E-state index in [1.165, 1.54) is 32.1 Å². The van der Waals surface area contributed by atoms with Gasteiger partial charge in [-0.25, -0.2) is 0 Å². The zero-order chi connectivity index (χ0) is 8.89. The van der Waals surface area contributed by atoms with Crippen molar-refractivity contribution in [2.45, 2.75) is 44.6 Å². The molecule has 3 fully saturated rings. The molecule has 0 aromatic rings. The fourth-order valence-corrected chi connectivity index (χ4v) is 3.17. The lowest BCUT2D eigenvalue weighted by atomic mass is 9.93. The second-order valence-electron chi connectivity index (χ2n) is 4.99. The van der Waals surface area contributed by atoms with E-state index < -0.39 is 0 Å². The lowest BCUT2D eigenvalue weighted by Crippen LogP contribution is -2.34. The van der Waals surface area contributed by atoms with E-state index in [4.69, 9.17) is 0 Å². The highest BCUT2D eigenvalue weighted by Crippen LogP contribution is 2.57. The Morgan fingerprint density at radius 3 is 2.62 bits per heavy atom. The number of carbonyl (C=O) groups is 1. The summed E-state index contributed by atoms with van der Waals surface area (Å²) >= 11 is 0. The highest BCUT2D eigenvalue weighted by atomic mass is 16.1. The van der Waals surface area contributed by atoms with E-state index in [-0.39, 0.29) is 5.41 Å². The molecule has 1 saturated heterocycles. The highest BCUT2D eigenvalue weighted by molar-refractivity contribution is 5.92. The molecule has 0 amide bonds. The Hall–Kier alpha value is -0.370. The van der Waals surface area contributed by atoms with Gasteiger partial charge in [0, 0.05) is 17.4 Å². The van der Waals surface area contributed by atoms with E-state index in [1.54, 1.807) is 0 Å². The van der Waals surface area contributed by atoms with Crippen molar-refractivity contribution in [3.63, 3.8) is 0 Å². The minimum absolute atomic E-state index is 0.203. The Labute approximate surface area is 79.1 Å².